The van der Waals surface area contributed by atoms with Crippen molar-refractivity contribution < 1.29 is 9.32 Å². The average molecular weight is 338 g/mol. The number of anilines is 1. The molecule has 3 aromatic rings. The summed E-state index contributed by atoms with van der Waals surface area (Å²) in [6.07, 6.45) is 0.976. The van der Waals surface area contributed by atoms with E-state index in [-0.39, 0.29) is 5.91 Å². The fourth-order valence-corrected chi connectivity index (χ4v) is 2.95. The Labute approximate surface area is 146 Å². The highest BCUT2D eigenvalue weighted by atomic mass is 16.5. The Bertz CT molecular complexity index is 889. The van der Waals surface area contributed by atoms with Gasteiger partial charge in [-0.3, -0.25) is 4.79 Å². The number of rotatable bonds is 5. The molecular weight excluding hydrogens is 316 g/mol. The number of benzene rings is 1. The number of hydrogen-bond donors (Lipinski definition) is 1. The standard InChI is InChI=1S/C19H22N4O2/c1-12-11-13(2)23(21-12)18-8-6-5-7-17(18)20-19(24)10-9-16-14(3)22-25-15(16)4/h5-8,11H,9-10H2,1-4H3,(H,20,24). The summed E-state index contributed by atoms with van der Waals surface area (Å²) in [5.74, 6) is 0.724. The molecule has 3 rings (SSSR count). The van der Waals surface area contributed by atoms with Crippen molar-refractivity contribution in [3.8, 4) is 5.69 Å². The van der Waals surface area contributed by atoms with Crippen LogP contribution in [-0.4, -0.2) is 20.8 Å². The zero-order chi connectivity index (χ0) is 18.0. The van der Waals surface area contributed by atoms with Crippen LogP contribution in [0.3, 0.4) is 0 Å². The number of aromatic nitrogens is 3. The third-order valence-corrected chi connectivity index (χ3v) is 4.20. The molecule has 0 saturated heterocycles. The van der Waals surface area contributed by atoms with Crippen molar-refractivity contribution in [3.63, 3.8) is 0 Å². The van der Waals surface area contributed by atoms with E-state index in [2.05, 4.69) is 15.6 Å². The van der Waals surface area contributed by atoms with Crippen molar-refractivity contribution in [1.82, 2.24) is 14.9 Å². The van der Waals surface area contributed by atoms with Crippen LogP contribution >= 0.6 is 0 Å². The van der Waals surface area contributed by atoms with Crippen LogP contribution in [0.4, 0.5) is 5.69 Å². The monoisotopic (exact) mass is 338 g/mol. The first kappa shape index (κ1) is 17.0. The zero-order valence-electron chi connectivity index (χ0n) is 15.0. The SMILES string of the molecule is Cc1cc(C)n(-c2ccccc2NC(=O)CCc2c(C)noc2C)n1. The van der Waals surface area contributed by atoms with Gasteiger partial charge in [-0.05, 0) is 52.3 Å². The molecule has 0 unspecified atom stereocenters. The largest absolute Gasteiger partial charge is 0.361 e. The second-order valence-corrected chi connectivity index (χ2v) is 6.21. The fourth-order valence-electron chi connectivity index (χ4n) is 2.95. The van der Waals surface area contributed by atoms with E-state index in [9.17, 15) is 4.79 Å². The van der Waals surface area contributed by atoms with Gasteiger partial charge in [0.05, 0.1) is 22.8 Å². The molecule has 6 heteroatoms. The van der Waals surface area contributed by atoms with E-state index in [0.29, 0.717) is 12.8 Å². The second kappa shape index (κ2) is 6.93. The number of para-hydroxylation sites is 2. The van der Waals surface area contributed by atoms with Crippen molar-refractivity contribution in [2.75, 3.05) is 5.32 Å². The van der Waals surface area contributed by atoms with Gasteiger partial charge in [-0.1, -0.05) is 17.3 Å². The molecule has 0 saturated carbocycles. The third-order valence-electron chi connectivity index (χ3n) is 4.20. The molecule has 2 heterocycles. The van der Waals surface area contributed by atoms with Gasteiger partial charge in [0.2, 0.25) is 5.91 Å². The molecule has 1 amide bonds. The number of hydrogen-bond acceptors (Lipinski definition) is 4. The highest BCUT2D eigenvalue weighted by Gasteiger charge is 2.14. The van der Waals surface area contributed by atoms with Crippen LogP contribution in [-0.2, 0) is 11.2 Å². The first-order valence-electron chi connectivity index (χ1n) is 8.30. The number of aryl methyl sites for hydroxylation is 4. The minimum Gasteiger partial charge on any atom is -0.361 e. The summed E-state index contributed by atoms with van der Waals surface area (Å²) in [5.41, 5.74) is 5.42. The first-order chi connectivity index (χ1) is 12.0. The van der Waals surface area contributed by atoms with Crippen molar-refractivity contribution in [1.29, 1.82) is 0 Å². The molecule has 0 aliphatic carbocycles. The van der Waals surface area contributed by atoms with Crippen molar-refractivity contribution in [2.24, 2.45) is 0 Å². The summed E-state index contributed by atoms with van der Waals surface area (Å²) in [5, 5.41) is 11.4. The van der Waals surface area contributed by atoms with E-state index in [1.54, 1.807) is 0 Å². The highest BCUT2D eigenvalue weighted by molar-refractivity contribution is 5.93. The topological polar surface area (TPSA) is 73.0 Å². The number of nitrogens with one attached hydrogen (secondary N) is 1. The molecule has 0 aliphatic rings. The molecule has 0 spiro atoms. The van der Waals surface area contributed by atoms with Crippen LogP contribution in [0.25, 0.3) is 5.69 Å². The second-order valence-electron chi connectivity index (χ2n) is 6.21. The van der Waals surface area contributed by atoms with Crippen LogP contribution in [0.5, 0.6) is 0 Å². The summed E-state index contributed by atoms with van der Waals surface area (Å²) in [4.78, 5) is 12.4. The first-order valence-corrected chi connectivity index (χ1v) is 8.30. The van der Waals surface area contributed by atoms with Crippen LogP contribution < -0.4 is 5.32 Å². The number of amides is 1. The third kappa shape index (κ3) is 3.63. The van der Waals surface area contributed by atoms with Gasteiger partial charge in [0.1, 0.15) is 5.76 Å². The van der Waals surface area contributed by atoms with Gasteiger partial charge >= 0.3 is 0 Å². The molecule has 6 nitrogen and oxygen atoms in total. The summed E-state index contributed by atoms with van der Waals surface area (Å²) < 4.78 is 6.99. The lowest BCUT2D eigenvalue weighted by molar-refractivity contribution is -0.116. The van der Waals surface area contributed by atoms with E-state index >= 15 is 0 Å². The average Bonchev–Trinajstić information content (AvgIpc) is 3.07. The lowest BCUT2D eigenvalue weighted by Gasteiger charge is -2.12. The minimum absolute atomic E-state index is 0.0472. The Morgan fingerprint density at radius 2 is 1.96 bits per heavy atom. The molecule has 1 aromatic carbocycles. The molecule has 1 N–H and O–H groups in total. The summed E-state index contributed by atoms with van der Waals surface area (Å²) in [6, 6.07) is 9.68. The van der Waals surface area contributed by atoms with Gasteiger partial charge in [0, 0.05) is 17.7 Å². The number of nitrogens with zero attached hydrogens (tertiary/aromatic N) is 3. The molecule has 2 aromatic heterocycles. The van der Waals surface area contributed by atoms with E-state index in [1.165, 1.54) is 0 Å². The van der Waals surface area contributed by atoms with Gasteiger partial charge in [-0.15, -0.1) is 0 Å². The van der Waals surface area contributed by atoms with E-state index < -0.39 is 0 Å². The Morgan fingerprint density at radius 3 is 2.60 bits per heavy atom. The van der Waals surface area contributed by atoms with Crippen LogP contribution in [0, 0.1) is 27.7 Å². The summed E-state index contributed by atoms with van der Waals surface area (Å²) in [6.45, 7) is 7.71. The molecular formula is C19H22N4O2. The summed E-state index contributed by atoms with van der Waals surface area (Å²) in [7, 11) is 0. The van der Waals surface area contributed by atoms with Crippen LogP contribution in [0.2, 0.25) is 0 Å². The maximum atomic E-state index is 12.4. The zero-order valence-corrected chi connectivity index (χ0v) is 15.0. The summed E-state index contributed by atoms with van der Waals surface area (Å²) >= 11 is 0. The van der Waals surface area contributed by atoms with Gasteiger partial charge in [-0.2, -0.15) is 5.10 Å². The van der Waals surface area contributed by atoms with E-state index in [1.807, 2.05) is 62.7 Å². The lowest BCUT2D eigenvalue weighted by atomic mass is 10.1. The molecule has 0 atom stereocenters. The van der Waals surface area contributed by atoms with Crippen molar-refractivity contribution in [2.45, 2.75) is 40.5 Å². The van der Waals surface area contributed by atoms with E-state index in [0.717, 1.165) is 39.8 Å². The van der Waals surface area contributed by atoms with Gasteiger partial charge in [-0.25, -0.2) is 4.68 Å². The Morgan fingerprint density at radius 1 is 1.20 bits per heavy atom. The smallest absolute Gasteiger partial charge is 0.224 e. The fraction of sp³-hybridized carbons (Fsp3) is 0.316. The predicted octanol–water partition coefficient (Wildman–Crippen LogP) is 3.67. The molecule has 130 valence electrons. The van der Waals surface area contributed by atoms with Gasteiger partial charge in [0.25, 0.3) is 0 Å². The van der Waals surface area contributed by atoms with Gasteiger partial charge in [0.15, 0.2) is 0 Å². The molecule has 25 heavy (non-hydrogen) atoms. The minimum atomic E-state index is -0.0472. The molecule has 0 fully saturated rings. The predicted molar refractivity (Wildman–Crippen MR) is 96.0 cm³/mol. The van der Waals surface area contributed by atoms with E-state index in [4.69, 9.17) is 4.52 Å². The maximum Gasteiger partial charge on any atom is 0.224 e. The van der Waals surface area contributed by atoms with Gasteiger partial charge < -0.3 is 9.84 Å². The Balaban J connectivity index is 1.75. The molecule has 0 radical (unpaired) electrons. The van der Waals surface area contributed by atoms with Crippen LogP contribution in [0.15, 0.2) is 34.9 Å². The van der Waals surface area contributed by atoms with Crippen molar-refractivity contribution >= 4 is 11.6 Å². The highest BCUT2D eigenvalue weighted by Crippen LogP contribution is 2.22. The number of carbonyl (C=O) groups excluding carboxylic acids is 1. The normalized spacial score (nSPS) is 10.9. The van der Waals surface area contributed by atoms with Crippen LogP contribution in [0.1, 0.15) is 34.8 Å². The molecule has 0 aliphatic heterocycles. The lowest BCUT2D eigenvalue weighted by Crippen LogP contribution is -2.15. The Hall–Kier alpha value is -2.89. The Kier molecular flexibility index (Phi) is 4.70. The molecule has 0 bridgehead atoms. The quantitative estimate of drug-likeness (QED) is 0.770. The maximum absolute atomic E-state index is 12.4. The van der Waals surface area contributed by atoms with Crippen molar-refractivity contribution in [3.05, 3.63) is 58.7 Å². The number of carbonyl (C=O) groups is 1.